The number of aromatic nitrogens is 2. The molecule has 1 aromatic rings. The van der Waals surface area contributed by atoms with Crippen LogP contribution < -0.4 is 0 Å². The first-order chi connectivity index (χ1) is 6.26. The Morgan fingerprint density at radius 3 is 2.92 bits per heavy atom. The summed E-state index contributed by atoms with van der Waals surface area (Å²) in [5.41, 5.74) is 0. The highest BCUT2D eigenvalue weighted by atomic mass is 32.2. The predicted molar refractivity (Wildman–Crippen MR) is 46.4 cm³/mol. The zero-order valence-corrected chi connectivity index (χ0v) is 8.26. The molecule has 0 fully saturated rings. The van der Waals surface area contributed by atoms with E-state index in [9.17, 15) is 4.79 Å². The van der Waals surface area contributed by atoms with Crippen molar-refractivity contribution < 1.29 is 13.9 Å². The van der Waals surface area contributed by atoms with E-state index in [0.717, 1.165) is 0 Å². The molecular weight excluding hydrogens is 192 g/mol. The Hall–Kier alpha value is -1.04. The van der Waals surface area contributed by atoms with Gasteiger partial charge in [0.25, 0.3) is 5.22 Å². The van der Waals surface area contributed by atoms with Crippen LogP contribution in [0, 0.1) is 0 Å². The molecule has 0 aliphatic rings. The molecule has 1 rings (SSSR count). The standard InChI is InChI=1S/C7H10N2O3S/c1-3-11-6(10)4-5-8-9-7(12-5)13-2/h3-4H2,1-2H3. The third-order valence-electron chi connectivity index (χ3n) is 1.22. The van der Waals surface area contributed by atoms with Gasteiger partial charge in [-0.1, -0.05) is 11.8 Å². The number of hydrogen-bond donors (Lipinski definition) is 0. The minimum Gasteiger partial charge on any atom is -0.466 e. The van der Waals surface area contributed by atoms with Crippen LogP contribution in [-0.4, -0.2) is 29.0 Å². The highest BCUT2D eigenvalue weighted by Gasteiger charge is 2.10. The molecule has 1 heterocycles. The number of carbonyl (C=O) groups excluding carboxylic acids is 1. The van der Waals surface area contributed by atoms with Crippen molar-refractivity contribution in [1.29, 1.82) is 0 Å². The van der Waals surface area contributed by atoms with Gasteiger partial charge < -0.3 is 9.15 Å². The number of esters is 1. The smallest absolute Gasteiger partial charge is 0.315 e. The largest absolute Gasteiger partial charge is 0.466 e. The van der Waals surface area contributed by atoms with Crippen LogP contribution in [0.5, 0.6) is 0 Å². The first-order valence-corrected chi connectivity index (χ1v) is 5.00. The molecule has 0 aliphatic heterocycles. The zero-order valence-electron chi connectivity index (χ0n) is 7.44. The fourth-order valence-electron chi connectivity index (χ4n) is 0.728. The third-order valence-corrected chi connectivity index (χ3v) is 1.74. The van der Waals surface area contributed by atoms with Gasteiger partial charge in [0.05, 0.1) is 6.61 Å². The second-order valence-corrected chi connectivity index (χ2v) is 2.91. The van der Waals surface area contributed by atoms with Crippen molar-refractivity contribution in [1.82, 2.24) is 10.2 Å². The SMILES string of the molecule is CCOC(=O)Cc1nnc(SC)o1. The van der Waals surface area contributed by atoms with Gasteiger partial charge in [-0.2, -0.15) is 0 Å². The predicted octanol–water partition coefficient (Wildman–Crippen LogP) is 0.897. The minimum atomic E-state index is -0.348. The maximum atomic E-state index is 11.0. The topological polar surface area (TPSA) is 65.2 Å². The van der Waals surface area contributed by atoms with Crippen LogP contribution in [0.1, 0.15) is 12.8 Å². The van der Waals surface area contributed by atoms with Gasteiger partial charge in [0.1, 0.15) is 6.42 Å². The monoisotopic (exact) mass is 202 g/mol. The Balaban J connectivity index is 2.49. The van der Waals surface area contributed by atoms with Gasteiger partial charge in [0, 0.05) is 0 Å². The number of ether oxygens (including phenoxy) is 1. The summed E-state index contributed by atoms with van der Waals surface area (Å²) >= 11 is 1.34. The van der Waals surface area contributed by atoms with Crippen LogP contribution in [0.15, 0.2) is 9.64 Å². The minimum absolute atomic E-state index is 0.0431. The van der Waals surface area contributed by atoms with Crippen LogP contribution in [0.2, 0.25) is 0 Å². The molecule has 6 heteroatoms. The maximum Gasteiger partial charge on any atom is 0.315 e. The third kappa shape index (κ3) is 3.06. The summed E-state index contributed by atoms with van der Waals surface area (Å²) < 4.78 is 9.80. The second-order valence-electron chi connectivity index (χ2n) is 2.15. The number of nitrogens with zero attached hydrogens (tertiary/aromatic N) is 2. The molecule has 72 valence electrons. The van der Waals surface area contributed by atoms with Crippen molar-refractivity contribution in [3.8, 4) is 0 Å². The van der Waals surface area contributed by atoms with E-state index in [0.29, 0.717) is 17.7 Å². The molecule has 0 aliphatic carbocycles. The van der Waals surface area contributed by atoms with Crippen molar-refractivity contribution in [2.45, 2.75) is 18.6 Å². The molecule has 0 saturated carbocycles. The van der Waals surface area contributed by atoms with Crippen LogP contribution >= 0.6 is 11.8 Å². The summed E-state index contributed by atoms with van der Waals surface area (Å²) in [5, 5.41) is 7.81. The normalized spacial score (nSPS) is 10.0. The summed E-state index contributed by atoms with van der Waals surface area (Å²) in [6.45, 7) is 2.11. The van der Waals surface area contributed by atoms with Gasteiger partial charge in [-0.05, 0) is 13.2 Å². The van der Waals surface area contributed by atoms with E-state index < -0.39 is 0 Å². The van der Waals surface area contributed by atoms with Gasteiger partial charge in [-0.15, -0.1) is 10.2 Å². The fraction of sp³-hybridized carbons (Fsp3) is 0.571. The van der Waals surface area contributed by atoms with Gasteiger partial charge >= 0.3 is 5.97 Å². The molecule has 13 heavy (non-hydrogen) atoms. The Kier molecular flexibility index (Phi) is 3.75. The Morgan fingerprint density at radius 2 is 2.38 bits per heavy atom. The lowest BCUT2D eigenvalue weighted by molar-refractivity contribution is -0.142. The van der Waals surface area contributed by atoms with E-state index in [4.69, 9.17) is 9.15 Å². The Bertz CT molecular complexity index is 287. The quantitative estimate of drug-likeness (QED) is 0.533. The lowest BCUT2D eigenvalue weighted by Crippen LogP contribution is -2.07. The first-order valence-electron chi connectivity index (χ1n) is 3.78. The van der Waals surface area contributed by atoms with Gasteiger partial charge in [0.2, 0.25) is 5.89 Å². The molecule has 0 amide bonds. The lowest BCUT2D eigenvalue weighted by Gasteiger charge is -1.96. The average Bonchev–Trinajstić information content (AvgIpc) is 2.52. The van der Waals surface area contributed by atoms with E-state index in [1.165, 1.54) is 11.8 Å². The van der Waals surface area contributed by atoms with Crippen molar-refractivity contribution in [2.24, 2.45) is 0 Å². The van der Waals surface area contributed by atoms with Crippen molar-refractivity contribution in [3.05, 3.63) is 5.89 Å². The number of rotatable bonds is 4. The zero-order chi connectivity index (χ0) is 9.68. The summed E-state index contributed by atoms with van der Waals surface area (Å²) in [4.78, 5) is 11.0. The molecule has 0 unspecified atom stereocenters. The van der Waals surface area contributed by atoms with Crippen LogP contribution in [0.4, 0.5) is 0 Å². The molecule has 0 spiro atoms. The number of hydrogen-bond acceptors (Lipinski definition) is 6. The van der Waals surface area contributed by atoms with E-state index in [1.807, 2.05) is 6.26 Å². The van der Waals surface area contributed by atoms with Gasteiger partial charge in [0.15, 0.2) is 0 Å². The number of carbonyl (C=O) groups is 1. The van der Waals surface area contributed by atoms with Crippen molar-refractivity contribution in [3.63, 3.8) is 0 Å². The molecular formula is C7H10N2O3S. The van der Waals surface area contributed by atoms with Crippen LogP contribution in [0.3, 0.4) is 0 Å². The molecule has 0 radical (unpaired) electrons. The summed E-state index contributed by atoms with van der Waals surface area (Å²) in [6, 6.07) is 0. The van der Waals surface area contributed by atoms with Gasteiger partial charge in [-0.25, -0.2) is 0 Å². The molecule has 1 aromatic heterocycles. The summed E-state index contributed by atoms with van der Waals surface area (Å²) in [5.74, 6) is -0.0541. The second kappa shape index (κ2) is 4.86. The maximum absolute atomic E-state index is 11.0. The molecule has 0 aromatic carbocycles. The molecule has 0 bridgehead atoms. The first kappa shape index (κ1) is 10.0. The highest BCUT2D eigenvalue weighted by molar-refractivity contribution is 7.98. The van der Waals surface area contributed by atoms with E-state index >= 15 is 0 Å². The highest BCUT2D eigenvalue weighted by Crippen LogP contribution is 2.12. The Labute approximate surface area is 79.9 Å². The molecule has 0 atom stereocenters. The lowest BCUT2D eigenvalue weighted by atomic mass is 10.4. The molecule has 0 saturated heterocycles. The average molecular weight is 202 g/mol. The van der Waals surface area contributed by atoms with Crippen molar-refractivity contribution in [2.75, 3.05) is 12.9 Å². The summed E-state index contributed by atoms with van der Waals surface area (Å²) in [7, 11) is 0. The number of thioether (sulfide) groups is 1. The Morgan fingerprint density at radius 1 is 1.62 bits per heavy atom. The van der Waals surface area contributed by atoms with E-state index in [2.05, 4.69) is 10.2 Å². The molecule has 5 nitrogen and oxygen atoms in total. The van der Waals surface area contributed by atoms with Gasteiger partial charge in [-0.3, -0.25) is 4.79 Å². The summed E-state index contributed by atoms with van der Waals surface area (Å²) in [6.07, 6.45) is 1.86. The van der Waals surface area contributed by atoms with Crippen LogP contribution in [-0.2, 0) is 16.0 Å². The van der Waals surface area contributed by atoms with E-state index in [1.54, 1.807) is 6.92 Å². The van der Waals surface area contributed by atoms with Crippen LogP contribution in [0.25, 0.3) is 0 Å². The fourth-order valence-corrected chi connectivity index (χ4v) is 1.03. The molecule has 0 N–H and O–H groups in total. The van der Waals surface area contributed by atoms with E-state index in [-0.39, 0.29) is 12.4 Å². The van der Waals surface area contributed by atoms with Crippen molar-refractivity contribution >= 4 is 17.7 Å².